The number of methoxy groups -OCH3 is 1. The van der Waals surface area contributed by atoms with Gasteiger partial charge in [0.25, 0.3) is 0 Å². The summed E-state index contributed by atoms with van der Waals surface area (Å²) < 4.78 is 10.1. The van der Waals surface area contributed by atoms with Crippen LogP contribution in [0.1, 0.15) is 33.6 Å². The Kier molecular flexibility index (Phi) is 6.60. The highest BCUT2D eigenvalue weighted by Gasteiger charge is 2.41. The summed E-state index contributed by atoms with van der Waals surface area (Å²) in [5, 5.41) is 2.69. The van der Waals surface area contributed by atoms with E-state index in [1.807, 2.05) is 0 Å². The number of esters is 1. The van der Waals surface area contributed by atoms with Crippen molar-refractivity contribution in [1.29, 1.82) is 0 Å². The molecule has 1 heterocycles. The average Bonchev–Trinajstić information content (AvgIpc) is 2.88. The normalized spacial score (nSPS) is 20.8. The first-order chi connectivity index (χ1) is 10.7. The summed E-state index contributed by atoms with van der Waals surface area (Å²) in [5.74, 6) is -0.596. The molecule has 0 radical (unpaired) electrons. The fraction of sp³-hybridized carbons (Fsp3) is 0.688. The molecule has 7 heteroatoms. The third kappa shape index (κ3) is 5.92. The van der Waals surface area contributed by atoms with Crippen molar-refractivity contribution in [2.24, 2.45) is 5.92 Å². The number of ether oxygens (including phenoxy) is 2. The molecule has 1 fully saturated rings. The Hall–Kier alpha value is -2.05. The second-order valence-electron chi connectivity index (χ2n) is 6.56. The third-order valence-corrected chi connectivity index (χ3v) is 3.53. The first kappa shape index (κ1) is 19.0. The minimum Gasteiger partial charge on any atom is -0.467 e. The van der Waals surface area contributed by atoms with E-state index in [1.165, 1.54) is 18.1 Å². The lowest BCUT2D eigenvalue weighted by Gasteiger charge is -2.27. The molecule has 0 spiro atoms. The number of nitrogens with one attached hydrogen (secondary N) is 1. The van der Waals surface area contributed by atoms with Gasteiger partial charge in [-0.3, -0.25) is 9.69 Å². The topological polar surface area (TPSA) is 84.9 Å². The van der Waals surface area contributed by atoms with Crippen molar-refractivity contribution >= 4 is 18.0 Å². The molecule has 2 amide bonds. The Morgan fingerprint density at radius 3 is 2.52 bits per heavy atom. The summed E-state index contributed by atoms with van der Waals surface area (Å²) in [6, 6.07) is -0.644. The van der Waals surface area contributed by atoms with Crippen LogP contribution >= 0.6 is 0 Å². The van der Waals surface area contributed by atoms with Crippen molar-refractivity contribution in [3.63, 3.8) is 0 Å². The fourth-order valence-electron chi connectivity index (χ4n) is 2.49. The zero-order valence-electron chi connectivity index (χ0n) is 14.3. The quantitative estimate of drug-likeness (QED) is 0.611. The van der Waals surface area contributed by atoms with Crippen LogP contribution in [0.15, 0.2) is 12.7 Å². The first-order valence-electron chi connectivity index (χ1n) is 7.65. The predicted octanol–water partition coefficient (Wildman–Crippen LogP) is 1.48. The largest absolute Gasteiger partial charge is 0.467 e. The standard InChI is InChI=1S/C16H26N2O5/c1-6-13(19)17-8-7-11-9-12(14(20)22-5)18(10-11)15(21)23-16(2,3)4/h6,11-12H,1,7-10H2,2-5H3,(H,17,19)/t11?,12-/m0/s1. The molecule has 130 valence electrons. The van der Waals surface area contributed by atoms with Crippen LogP contribution in [0.5, 0.6) is 0 Å². The molecule has 0 saturated carbocycles. The summed E-state index contributed by atoms with van der Waals surface area (Å²) in [6.45, 7) is 9.57. The van der Waals surface area contributed by atoms with Gasteiger partial charge in [-0.25, -0.2) is 9.59 Å². The van der Waals surface area contributed by atoms with Crippen LogP contribution in [0.2, 0.25) is 0 Å². The summed E-state index contributed by atoms with van der Waals surface area (Å²) in [5.41, 5.74) is -0.631. The smallest absolute Gasteiger partial charge is 0.411 e. The number of nitrogens with zero attached hydrogens (tertiary/aromatic N) is 1. The molecule has 1 rings (SSSR count). The molecule has 1 saturated heterocycles. The summed E-state index contributed by atoms with van der Waals surface area (Å²) in [4.78, 5) is 36.8. The van der Waals surface area contributed by atoms with Crippen LogP contribution in [0.25, 0.3) is 0 Å². The molecule has 0 aliphatic carbocycles. The third-order valence-electron chi connectivity index (χ3n) is 3.53. The molecule has 0 aromatic rings. The highest BCUT2D eigenvalue weighted by Crippen LogP contribution is 2.28. The van der Waals surface area contributed by atoms with E-state index in [4.69, 9.17) is 9.47 Å². The van der Waals surface area contributed by atoms with Crippen LogP contribution < -0.4 is 5.32 Å². The lowest BCUT2D eigenvalue weighted by Crippen LogP contribution is -2.43. The van der Waals surface area contributed by atoms with Crippen molar-refractivity contribution in [1.82, 2.24) is 10.2 Å². The van der Waals surface area contributed by atoms with Gasteiger partial charge in [0.2, 0.25) is 5.91 Å². The molecule has 23 heavy (non-hydrogen) atoms. The van der Waals surface area contributed by atoms with Gasteiger partial charge in [0.1, 0.15) is 11.6 Å². The Labute approximate surface area is 137 Å². The van der Waals surface area contributed by atoms with Crippen molar-refractivity contribution in [2.75, 3.05) is 20.2 Å². The zero-order valence-corrected chi connectivity index (χ0v) is 14.3. The van der Waals surface area contributed by atoms with Gasteiger partial charge in [0.05, 0.1) is 7.11 Å². The van der Waals surface area contributed by atoms with Crippen molar-refractivity contribution < 1.29 is 23.9 Å². The molecule has 7 nitrogen and oxygen atoms in total. The van der Waals surface area contributed by atoms with Crippen LogP contribution in [0, 0.1) is 5.92 Å². The molecule has 0 aromatic heterocycles. The van der Waals surface area contributed by atoms with E-state index >= 15 is 0 Å². The van der Waals surface area contributed by atoms with E-state index in [0.29, 0.717) is 25.9 Å². The second kappa shape index (κ2) is 7.99. The number of carbonyl (C=O) groups excluding carboxylic acids is 3. The zero-order chi connectivity index (χ0) is 17.6. The van der Waals surface area contributed by atoms with Gasteiger partial charge in [-0.2, -0.15) is 0 Å². The molecule has 1 unspecified atom stereocenters. The number of hydrogen-bond donors (Lipinski definition) is 1. The van der Waals surface area contributed by atoms with Gasteiger partial charge in [0, 0.05) is 13.1 Å². The Balaban J connectivity index is 2.67. The van der Waals surface area contributed by atoms with E-state index in [1.54, 1.807) is 20.8 Å². The Morgan fingerprint density at radius 1 is 1.35 bits per heavy atom. The number of carbonyl (C=O) groups is 3. The summed E-state index contributed by atoms with van der Waals surface area (Å²) in [6.07, 6.45) is 1.84. The van der Waals surface area contributed by atoms with E-state index in [0.717, 1.165) is 0 Å². The van der Waals surface area contributed by atoms with Crippen LogP contribution in [0.3, 0.4) is 0 Å². The van der Waals surface area contributed by atoms with E-state index in [-0.39, 0.29) is 11.8 Å². The van der Waals surface area contributed by atoms with Gasteiger partial charge in [0.15, 0.2) is 0 Å². The lowest BCUT2D eigenvalue weighted by molar-refractivity contribution is -0.145. The van der Waals surface area contributed by atoms with Gasteiger partial charge in [-0.15, -0.1) is 0 Å². The first-order valence-corrected chi connectivity index (χ1v) is 7.65. The Morgan fingerprint density at radius 2 is 2.00 bits per heavy atom. The number of rotatable bonds is 5. The molecule has 0 aromatic carbocycles. The van der Waals surface area contributed by atoms with Crippen molar-refractivity contribution in [3.8, 4) is 0 Å². The van der Waals surface area contributed by atoms with E-state index in [9.17, 15) is 14.4 Å². The molecule has 0 bridgehead atoms. The van der Waals surface area contributed by atoms with Gasteiger partial charge < -0.3 is 14.8 Å². The van der Waals surface area contributed by atoms with E-state index < -0.39 is 23.7 Å². The fourth-order valence-corrected chi connectivity index (χ4v) is 2.49. The molecule has 1 N–H and O–H groups in total. The maximum absolute atomic E-state index is 12.3. The van der Waals surface area contributed by atoms with E-state index in [2.05, 4.69) is 11.9 Å². The monoisotopic (exact) mass is 326 g/mol. The predicted molar refractivity (Wildman–Crippen MR) is 84.7 cm³/mol. The molecular formula is C16H26N2O5. The second-order valence-corrected chi connectivity index (χ2v) is 6.56. The summed E-state index contributed by atoms with van der Waals surface area (Å²) in [7, 11) is 1.30. The van der Waals surface area contributed by atoms with Gasteiger partial charge in [-0.1, -0.05) is 6.58 Å². The molecule has 1 aliphatic rings. The Bertz CT molecular complexity index is 470. The van der Waals surface area contributed by atoms with Crippen LogP contribution in [-0.4, -0.2) is 54.7 Å². The molecular weight excluding hydrogens is 300 g/mol. The van der Waals surface area contributed by atoms with Crippen LogP contribution in [-0.2, 0) is 19.1 Å². The molecule has 1 aliphatic heterocycles. The van der Waals surface area contributed by atoms with Gasteiger partial charge in [-0.05, 0) is 45.6 Å². The SMILES string of the molecule is C=CC(=O)NCCC1C[C@@H](C(=O)OC)N(C(=O)OC(C)(C)C)C1. The lowest BCUT2D eigenvalue weighted by atomic mass is 10.0. The highest BCUT2D eigenvalue weighted by molar-refractivity contribution is 5.86. The van der Waals surface area contributed by atoms with Gasteiger partial charge >= 0.3 is 12.1 Å². The van der Waals surface area contributed by atoms with Crippen molar-refractivity contribution in [3.05, 3.63) is 12.7 Å². The number of hydrogen-bond acceptors (Lipinski definition) is 5. The maximum atomic E-state index is 12.3. The highest BCUT2D eigenvalue weighted by atomic mass is 16.6. The maximum Gasteiger partial charge on any atom is 0.411 e. The molecule has 2 atom stereocenters. The minimum atomic E-state index is -0.644. The number of likely N-dealkylation sites (tertiary alicyclic amines) is 1. The van der Waals surface area contributed by atoms with Crippen molar-refractivity contribution in [2.45, 2.75) is 45.3 Å². The van der Waals surface area contributed by atoms with Crippen LogP contribution in [0.4, 0.5) is 4.79 Å². The average molecular weight is 326 g/mol. The summed E-state index contributed by atoms with van der Waals surface area (Å²) >= 11 is 0. The number of amides is 2. The minimum absolute atomic E-state index is 0.0942.